The summed E-state index contributed by atoms with van der Waals surface area (Å²) < 4.78 is 5.42. The monoisotopic (exact) mass is 249 g/mol. The Labute approximate surface area is 109 Å². The molecule has 0 saturated carbocycles. The molecule has 1 aromatic rings. The number of aryl methyl sites for hydroxylation is 1. The standard InChI is InChI=1S/C15H23NO2/c1-3-18-10-9-16(2)15-6-4-5-12-11-13(17)7-8-14(12)15/h7-8,11,15,17H,3-6,9-10H2,1-2H3. The summed E-state index contributed by atoms with van der Waals surface area (Å²) in [5.41, 5.74) is 2.67. The number of aromatic hydroxyl groups is 1. The van der Waals surface area contributed by atoms with Crippen LogP contribution in [0.3, 0.4) is 0 Å². The molecule has 2 rings (SSSR count). The molecular formula is C15H23NO2. The summed E-state index contributed by atoms with van der Waals surface area (Å²) in [6.45, 7) is 4.55. The normalized spacial score (nSPS) is 18.9. The van der Waals surface area contributed by atoms with Gasteiger partial charge in [-0.2, -0.15) is 0 Å². The lowest BCUT2D eigenvalue weighted by Crippen LogP contribution is -2.30. The zero-order valence-electron chi connectivity index (χ0n) is 11.4. The molecule has 0 heterocycles. The van der Waals surface area contributed by atoms with E-state index >= 15 is 0 Å². The van der Waals surface area contributed by atoms with E-state index in [9.17, 15) is 5.11 Å². The van der Waals surface area contributed by atoms with Crippen LogP contribution in [0.2, 0.25) is 0 Å². The minimum absolute atomic E-state index is 0.381. The molecule has 100 valence electrons. The van der Waals surface area contributed by atoms with Gasteiger partial charge in [-0.25, -0.2) is 0 Å². The van der Waals surface area contributed by atoms with E-state index in [1.54, 1.807) is 6.07 Å². The number of rotatable bonds is 5. The molecule has 0 spiro atoms. The second kappa shape index (κ2) is 6.21. The summed E-state index contributed by atoms with van der Waals surface area (Å²) in [5.74, 6) is 0.381. The number of phenolic OH excluding ortho intramolecular Hbond substituents is 1. The van der Waals surface area contributed by atoms with Gasteiger partial charge in [0, 0.05) is 19.2 Å². The first-order valence-corrected chi connectivity index (χ1v) is 6.82. The van der Waals surface area contributed by atoms with Crippen molar-refractivity contribution in [3.8, 4) is 5.75 Å². The molecule has 0 aromatic heterocycles. The van der Waals surface area contributed by atoms with Crippen molar-refractivity contribution in [1.29, 1.82) is 0 Å². The van der Waals surface area contributed by atoms with Crippen molar-refractivity contribution in [1.82, 2.24) is 4.90 Å². The Morgan fingerprint density at radius 1 is 1.44 bits per heavy atom. The average molecular weight is 249 g/mol. The molecule has 3 nitrogen and oxygen atoms in total. The number of hydrogen-bond donors (Lipinski definition) is 1. The Bertz CT molecular complexity index is 392. The number of fused-ring (bicyclic) bond motifs is 1. The summed E-state index contributed by atoms with van der Waals surface area (Å²) in [7, 11) is 2.16. The first-order valence-electron chi connectivity index (χ1n) is 6.82. The van der Waals surface area contributed by atoms with Gasteiger partial charge < -0.3 is 9.84 Å². The fourth-order valence-corrected chi connectivity index (χ4v) is 2.74. The zero-order chi connectivity index (χ0) is 13.0. The van der Waals surface area contributed by atoms with Crippen LogP contribution in [0.5, 0.6) is 5.75 Å². The maximum absolute atomic E-state index is 9.55. The average Bonchev–Trinajstić information content (AvgIpc) is 2.37. The van der Waals surface area contributed by atoms with Crippen molar-refractivity contribution < 1.29 is 9.84 Å². The lowest BCUT2D eigenvalue weighted by Gasteiger charge is -2.33. The van der Waals surface area contributed by atoms with Gasteiger partial charge in [0.25, 0.3) is 0 Å². The smallest absolute Gasteiger partial charge is 0.115 e. The predicted molar refractivity (Wildman–Crippen MR) is 72.9 cm³/mol. The van der Waals surface area contributed by atoms with E-state index in [1.807, 2.05) is 13.0 Å². The molecule has 1 unspecified atom stereocenters. The maximum Gasteiger partial charge on any atom is 0.115 e. The van der Waals surface area contributed by atoms with Crippen LogP contribution >= 0.6 is 0 Å². The van der Waals surface area contributed by atoms with Crippen LogP contribution in [-0.2, 0) is 11.2 Å². The largest absolute Gasteiger partial charge is 0.508 e. The highest BCUT2D eigenvalue weighted by Gasteiger charge is 2.23. The van der Waals surface area contributed by atoms with Gasteiger partial charge >= 0.3 is 0 Å². The van der Waals surface area contributed by atoms with Crippen molar-refractivity contribution in [3.63, 3.8) is 0 Å². The van der Waals surface area contributed by atoms with Crippen LogP contribution in [0, 0.1) is 0 Å². The van der Waals surface area contributed by atoms with Crippen LogP contribution in [0.15, 0.2) is 18.2 Å². The second-order valence-electron chi connectivity index (χ2n) is 4.97. The quantitative estimate of drug-likeness (QED) is 0.814. The predicted octanol–water partition coefficient (Wildman–Crippen LogP) is 2.74. The van der Waals surface area contributed by atoms with Crippen molar-refractivity contribution in [3.05, 3.63) is 29.3 Å². The van der Waals surface area contributed by atoms with E-state index in [0.717, 1.165) is 26.2 Å². The molecule has 0 radical (unpaired) electrons. The fraction of sp³-hybridized carbons (Fsp3) is 0.600. The number of phenols is 1. The molecule has 18 heavy (non-hydrogen) atoms. The number of likely N-dealkylation sites (N-methyl/N-ethyl adjacent to an activating group) is 1. The molecule has 1 N–H and O–H groups in total. The number of benzene rings is 1. The van der Waals surface area contributed by atoms with E-state index in [0.29, 0.717) is 11.8 Å². The van der Waals surface area contributed by atoms with Gasteiger partial charge in [0.1, 0.15) is 5.75 Å². The minimum Gasteiger partial charge on any atom is -0.508 e. The van der Waals surface area contributed by atoms with E-state index in [-0.39, 0.29) is 0 Å². The summed E-state index contributed by atoms with van der Waals surface area (Å²) in [6.07, 6.45) is 3.47. The molecule has 0 amide bonds. The SMILES string of the molecule is CCOCCN(C)C1CCCc2cc(O)ccc21. The van der Waals surface area contributed by atoms with E-state index in [2.05, 4.69) is 18.0 Å². The molecule has 0 aliphatic heterocycles. The topological polar surface area (TPSA) is 32.7 Å². The van der Waals surface area contributed by atoms with Gasteiger partial charge in [-0.1, -0.05) is 6.07 Å². The summed E-state index contributed by atoms with van der Waals surface area (Å²) in [6, 6.07) is 6.26. The van der Waals surface area contributed by atoms with Crippen LogP contribution < -0.4 is 0 Å². The third kappa shape index (κ3) is 3.03. The minimum atomic E-state index is 0.381. The molecule has 0 fully saturated rings. The Morgan fingerprint density at radius 3 is 3.06 bits per heavy atom. The Balaban J connectivity index is 2.07. The van der Waals surface area contributed by atoms with Gasteiger partial charge in [-0.05, 0) is 56.5 Å². The lowest BCUT2D eigenvalue weighted by atomic mass is 9.87. The Morgan fingerprint density at radius 2 is 2.28 bits per heavy atom. The molecule has 1 atom stereocenters. The van der Waals surface area contributed by atoms with Crippen molar-refractivity contribution in [2.24, 2.45) is 0 Å². The highest BCUT2D eigenvalue weighted by Crippen LogP contribution is 2.34. The Hall–Kier alpha value is -1.06. The van der Waals surface area contributed by atoms with Crippen LogP contribution in [-0.4, -0.2) is 36.8 Å². The van der Waals surface area contributed by atoms with E-state index in [4.69, 9.17) is 4.74 Å². The first-order chi connectivity index (χ1) is 8.72. The van der Waals surface area contributed by atoms with Crippen LogP contribution in [0.25, 0.3) is 0 Å². The van der Waals surface area contributed by atoms with E-state index in [1.165, 1.54) is 24.0 Å². The number of hydrogen-bond acceptors (Lipinski definition) is 3. The second-order valence-corrected chi connectivity index (χ2v) is 4.97. The van der Waals surface area contributed by atoms with Gasteiger partial charge in [0.2, 0.25) is 0 Å². The first kappa shape index (κ1) is 13.4. The Kier molecular flexibility index (Phi) is 4.61. The summed E-state index contributed by atoms with van der Waals surface area (Å²) in [5, 5.41) is 9.55. The highest BCUT2D eigenvalue weighted by molar-refractivity contribution is 5.38. The highest BCUT2D eigenvalue weighted by atomic mass is 16.5. The maximum atomic E-state index is 9.55. The van der Waals surface area contributed by atoms with Gasteiger partial charge in [0.15, 0.2) is 0 Å². The van der Waals surface area contributed by atoms with Crippen LogP contribution in [0.1, 0.15) is 36.9 Å². The van der Waals surface area contributed by atoms with Crippen molar-refractivity contribution >= 4 is 0 Å². The fourth-order valence-electron chi connectivity index (χ4n) is 2.74. The molecule has 0 saturated heterocycles. The molecule has 0 bridgehead atoms. The zero-order valence-corrected chi connectivity index (χ0v) is 11.4. The summed E-state index contributed by atoms with van der Waals surface area (Å²) in [4.78, 5) is 2.37. The van der Waals surface area contributed by atoms with Gasteiger partial charge in [-0.15, -0.1) is 0 Å². The van der Waals surface area contributed by atoms with Gasteiger partial charge in [-0.3, -0.25) is 4.90 Å². The summed E-state index contributed by atoms with van der Waals surface area (Å²) >= 11 is 0. The molecule has 1 aromatic carbocycles. The molecular weight excluding hydrogens is 226 g/mol. The van der Waals surface area contributed by atoms with Crippen molar-refractivity contribution in [2.75, 3.05) is 26.8 Å². The molecule has 3 heteroatoms. The number of ether oxygens (including phenoxy) is 1. The van der Waals surface area contributed by atoms with Crippen LogP contribution in [0.4, 0.5) is 0 Å². The van der Waals surface area contributed by atoms with Gasteiger partial charge in [0.05, 0.1) is 6.61 Å². The lowest BCUT2D eigenvalue weighted by molar-refractivity contribution is 0.103. The third-order valence-electron chi connectivity index (χ3n) is 3.73. The number of nitrogens with zero attached hydrogens (tertiary/aromatic N) is 1. The van der Waals surface area contributed by atoms with Crippen molar-refractivity contribution in [2.45, 2.75) is 32.2 Å². The molecule has 1 aliphatic rings. The molecule has 1 aliphatic carbocycles. The van der Waals surface area contributed by atoms with E-state index < -0.39 is 0 Å². The third-order valence-corrected chi connectivity index (χ3v) is 3.73.